The van der Waals surface area contributed by atoms with Crippen LogP contribution in [-0.2, 0) is 9.59 Å². The van der Waals surface area contributed by atoms with Gasteiger partial charge < -0.3 is 5.73 Å². The number of nitrogens with two attached hydrogens (primary N) is 1. The second kappa shape index (κ2) is 8.15. The molecule has 2 aromatic rings. The summed E-state index contributed by atoms with van der Waals surface area (Å²) in [5, 5.41) is 9.59. The third kappa shape index (κ3) is 4.22. The Balaban J connectivity index is 1.69. The van der Waals surface area contributed by atoms with E-state index in [1.807, 2.05) is 24.4 Å². The molecule has 134 valence electrons. The molecule has 1 aromatic heterocycles. The minimum Gasteiger partial charge on any atom is -0.377 e. The molecule has 2 heterocycles. The van der Waals surface area contributed by atoms with E-state index < -0.39 is 5.25 Å². The van der Waals surface area contributed by atoms with Gasteiger partial charge in [-0.1, -0.05) is 33.8 Å². The van der Waals surface area contributed by atoms with E-state index in [0.717, 1.165) is 26.8 Å². The first-order chi connectivity index (χ1) is 12.5. The minimum absolute atomic E-state index is 0.0867. The van der Waals surface area contributed by atoms with Crippen molar-refractivity contribution in [3.63, 3.8) is 0 Å². The second-order valence-corrected chi connectivity index (χ2v) is 8.54. The lowest BCUT2D eigenvalue weighted by molar-refractivity contribution is -0.121. The molecule has 1 aliphatic rings. The standard InChI is InChI=1S/C17H15BrN4O2S2/c1-10(13-3-2-8-25-13)20-21-17(19)26-14-9-15(23)22(16(14)24)12-6-4-11(18)5-7-12/h2-8,14H,9H2,1H3,(H2,19,21)/b20-10-/t14-/m0/s1. The molecule has 1 atom stereocenters. The van der Waals surface area contributed by atoms with E-state index in [4.69, 9.17) is 5.73 Å². The molecular weight excluding hydrogens is 436 g/mol. The number of nitrogens with zero attached hydrogens (tertiary/aromatic N) is 3. The van der Waals surface area contributed by atoms with Gasteiger partial charge in [0, 0.05) is 10.9 Å². The number of thiophene rings is 1. The molecule has 0 aliphatic carbocycles. The normalized spacial score (nSPS) is 18.7. The summed E-state index contributed by atoms with van der Waals surface area (Å²) >= 11 is 5.96. The van der Waals surface area contributed by atoms with Crippen molar-refractivity contribution in [2.24, 2.45) is 15.9 Å². The van der Waals surface area contributed by atoms with Crippen molar-refractivity contribution >= 4 is 67.4 Å². The number of benzene rings is 1. The Morgan fingerprint density at radius 2 is 2.00 bits per heavy atom. The van der Waals surface area contributed by atoms with Crippen molar-refractivity contribution in [2.45, 2.75) is 18.6 Å². The van der Waals surface area contributed by atoms with Crippen LogP contribution in [0.15, 0.2) is 56.5 Å². The Hall–Kier alpha value is -1.97. The predicted octanol–water partition coefficient (Wildman–Crippen LogP) is 3.61. The molecule has 0 unspecified atom stereocenters. The highest BCUT2D eigenvalue weighted by molar-refractivity contribution is 9.10. The van der Waals surface area contributed by atoms with Crippen LogP contribution >= 0.6 is 39.0 Å². The smallest absolute Gasteiger partial charge is 0.247 e. The number of carbonyl (C=O) groups excluding carboxylic acids is 2. The number of halogens is 1. The van der Waals surface area contributed by atoms with E-state index in [9.17, 15) is 9.59 Å². The van der Waals surface area contributed by atoms with Crippen LogP contribution in [0.25, 0.3) is 0 Å². The maximum Gasteiger partial charge on any atom is 0.247 e. The Morgan fingerprint density at radius 3 is 2.65 bits per heavy atom. The molecule has 2 N–H and O–H groups in total. The van der Waals surface area contributed by atoms with Crippen LogP contribution < -0.4 is 10.6 Å². The van der Waals surface area contributed by atoms with Gasteiger partial charge in [-0.25, -0.2) is 4.90 Å². The average Bonchev–Trinajstić information content (AvgIpc) is 3.23. The van der Waals surface area contributed by atoms with Crippen LogP contribution in [0.2, 0.25) is 0 Å². The molecule has 1 saturated heterocycles. The zero-order valence-corrected chi connectivity index (χ0v) is 17.0. The largest absolute Gasteiger partial charge is 0.377 e. The van der Waals surface area contributed by atoms with Gasteiger partial charge in [-0.05, 0) is 42.6 Å². The highest BCUT2D eigenvalue weighted by Gasteiger charge is 2.40. The first-order valence-electron chi connectivity index (χ1n) is 7.66. The van der Waals surface area contributed by atoms with Crippen molar-refractivity contribution in [3.8, 4) is 0 Å². The van der Waals surface area contributed by atoms with Gasteiger partial charge in [-0.15, -0.1) is 16.4 Å². The van der Waals surface area contributed by atoms with Crippen LogP contribution in [0, 0.1) is 0 Å². The molecule has 9 heteroatoms. The number of imide groups is 1. The van der Waals surface area contributed by atoms with Gasteiger partial charge in [0.25, 0.3) is 0 Å². The highest BCUT2D eigenvalue weighted by Crippen LogP contribution is 2.30. The van der Waals surface area contributed by atoms with Crippen LogP contribution in [0.4, 0.5) is 5.69 Å². The number of thioether (sulfide) groups is 1. The number of amidine groups is 1. The Morgan fingerprint density at radius 1 is 1.27 bits per heavy atom. The van der Waals surface area contributed by atoms with Crippen molar-refractivity contribution in [3.05, 3.63) is 51.1 Å². The predicted molar refractivity (Wildman–Crippen MR) is 111 cm³/mol. The number of carbonyl (C=O) groups is 2. The molecule has 2 amide bonds. The van der Waals surface area contributed by atoms with E-state index in [2.05, 4.69) is 26.1 Å². The summed E-state index contributed by atoms with van der Waals surface area (Å²) < 4.78 is 0.876. The fourth-order valence-corrected chi connectivity index (χ4v) is 4.13. The van der Waals surface area contributed by atoms with E-state index in [1.54, 1.807) is 35.6 Å². The summed E-state index contributed by atoms with van der Waals surface area (Å²) in [4.78, 5) is 27.0. The number of hydrogen-bond donors (Lipinski definition) is 1. The Kier molecular flexibility index (Phi) is 5.90. The SMILES string of the molecule is C/C(=N/N=C(/N)S[C@H]1CC(=O)N(c2ccc(Br)cc2)C1=O)c1cccs1. The Labute approximate surface area is 167 Å². The zero-order valence-electron chi connectivity index (χ0n) is 13.8. The van der Waals surface area contributed by atoms with Crippen LogP contribution in [0.3, 0.4) is 0 Å². The molecule has 1 aliphatic heterocycles. The van der Waals surface area contributed by atoms with Crippen LogP contribution in [-0.4, -0.2) is 27.9 Å². The fraction of sp³-hybridized carbons (Fsp3) is 0.176. The number of hydrogen-bond acceptors (Lipinski definition) is 6. The lowest BCUT2D eigenvalue weighted by Gasteiger charge is -2.14. The third-order valence-electron chi connectivity index (χ3n) is 3.63. The first kappa shape index (κ1) is 18.8. The number of anilines is 1. The van der Waals surface area contributed by atoms with Gasteiger partial charge in [0.05, 0.1) is 16.3 Å². The molecule has 0 radical (unpaired) electrons. The molecule has 3 rings (SSSR count). The molecule has 1 fully saturated rings. The van der Waals surface area contributed by atoms with Gasteiger partial charge >= 0.3 is 0 Å². The first-order valence-corrected chi connectivity index (χ1v) is 10.2. The van der Waals surface area contributed by atoms with Gasteiger partial charge in [-0.3, -0.25) is 9.59 Å². The van der Waals surface area contributed by atoms with E-state index in [1.165, 1.54) is 4.90 Å². The molecule has 1 aromatic carbocycles. The van der Waals surface area contributed by atoms with E-state index >= 15 is 0 Å². The second-order valence-electron chi connectivity index (χ2n) is 5.46. The summed E-state index contributed by atoms with van der Waals surface area (Å²) in [5.74, 6) is -0.541. The quantitative estimate of drug-likeness (QED) is 0.333. The Bertz CT molecular complexity index is 879. The molecule has 26 heavy (non-hydrogen) atoms. The molecule has 0 spiro atoms. The van der Waals surface area contributed by atoms with Crippen molar-refractivity contribution < 1.29 is 9.59 Å². The van der Waals surface area contributed by atoms with Crippen molar-refractivity contribution in [1.82, 2.24) is 0 Å². The maximum atomic E-state index is 12.6. The molecule has 0 saturated carbocycles. The molecular formula is C17H15BrN4O2S2. The summed E-state index contributed by atoms with van der Waals surface area (Å²) in [6.45, 7) is 1.84. The lowest BCUT2D eigenvalue weighted by atomic mass is 10.3. The molecule has 6 nitrogen and oxygen atoms in total. The zero-order chi connectivity index (χ0) is 18.7. The number of amides is 2. The monoisotopic (exact) mass is 450 g/mol. The third-order valence-corrected chi connectivity index (χ3v) is 6.11. The van der Waals surface area contributed by atoms with Gasteiger partial charge in [-0.2, -0.15) is 5.10 Å². The average molecular weight is 451 g/mol. The van der Waals surface area contributed by atoms with Gasteiger partial charge in [0.15, 0.2) is 5.17 Å². The summed E-state index contributed by atoms with van der Waals surface area (Å²) in [7, 11) is 0. The summed E-state index contributed by atoms with van der Waals surface area (Å²) in [6, 6.07) is 10.9. The molecule has 0 bridgehead atoms. The fourth-order valence-electron chi connectivity index (χ4n) is 2.38. The summed E-state index contributed by atoms with van der Waals surface area (Å²) in [6.07, 6.45) is 0.0867. The van der Waals surface area contributed by atoms with Crippen molar-refractivity contribution in [1.29, 1.82) is 0 Å². The van der Waals surface area contributed by atoms with Gasteiger partial charge in [0.1, 0.15) is 5.25 Å². The van der Waals surface area contributed by atoms with Crippen LogP contribution in [0.1, 0.15) is 18.2 Å². The maximum absolute atomic E-state index is 12.6. The summed E-state index contributed by atoms with van der Waals surface area (Å²) in [5.41, 5.74) is 7.18. The van der Waals surface area contributed by atoms with E-state index in [-0.39, 0.29) is 23.4 Å². The number of rotatable bonds is 4. The highest BCUT2D eigenvalue weighted by atomic mass is 79.9. The topological polar surface area (TPSA) is 88.1 Å². The minimum atomic E-state index is -0.591. The van der Waals surface area contributed by atoms with Gasteiger partial charge in [0.2, 0.25) is 11.8 Å². The van der Waals surface area contributed by atoms with Crippen LogP contribution in [0.5, 0.6) is 0 Å². The van der Waals surface area contributed by atoms with Crippen molar-refractivity contribution in [2.75, 3.05) is 4.90 Å². The lowest BCUT2D eigenvalue weighted by Crippen LogP contribution is -2.31. The van der Waals surface area contributed by atoms with E-state index in [0.29, 0.717) is 5.69 Å².